The molecule has 4 rings (SSSR count). The Hall–Kier alpha value is -4.26. The number of aryl methyl sites for hydroxylation is 1. The van der Waals surface area contributed by atoms with E-state index in [1.165, 1.54) is 7.11 Å². The molecule has 0 aliphatic carbocycles. The Morgan fingerprint density at radius 2 is 1.85 bits per heavy atom. The van der Waals surface area contributed by atoms with Gasteiger partial charge in [-0.05, 0) is 43.3 Å². The molecule has 0 unspecified atom stereocenters. The fraction of sp³-hybridized carbons (Fsp3) is 0.154. The Bertz CT molecular complexity index is 1300. The summed E-state index contributed by atoms with van der Waals surface area (Å²) >= 11 is 0. The lowest BCUT2D eigenvalue weighted by atomic mass is 10.1. The van der Waals surface area contributed by atoms with Gasteiger partial charge in [-0.2, -0.15) is 0 Å². The second kappa shape index (κ2) is 9.91. The van der Waals surface area contributed by atoms with Gasteiger partial charge in [0.05, 0.1) is 25.5 Å². The van der Waals surface area contributed by atoms with E-state index in [2.05, 4.69) is 22.1 Å². The normalized spacial score (nSPS) is 11.4. The highest BCUT2D eigenvalue weighted by molar-refractivity contribution is 6.07. The molecule has 2 amide bonds. The first-order valence-electron chi connectivity index (χ1n) is 10.6. The highest BCUT2D eigenvalue weighted by Gasteiger charge is 2.18. The fourth-order valence-electron chi connectivity index (χ4n) is 3.66. The molecule has 0 fully saturated rings. The summed E-state index contributed by atoms with van der Waals surface area (Å²) in [5.74, 6) is 0.170. The van der Waals surface area contributed by atoms with Crippen molar-refractivity contribution in [2.24, 2.45) is 0 Å². The highest BCUT2D eigenvalue weighted by Crippen LogP contribution is 2.24. The van der Waals surface area contributed by atoms with Crippen molar-refractivity contribution in [2.45, 2.75) is 20.0 Å². The van der Waals surface area contributed by atoms with Gasteiger partial charge in [-0.3, -0.25) is 9.59 Å². The van der Waals surface area contributed by atoms with Crippen LogP contribution in [0.3, 0.4) is 0 Å². The van der Waals surface area contributed by atoms with Crippen molar-refractivity contribution in [1.82, 2.24) is 15.2 Å². The van der Waals surface area contributed by atoms with Crippen LogP contribution in [0.15, 0.2) is 83.2 Å². The van der Waals surface area contributed by atoms with E-state index in [9.17, 15) is 9.59 Å². The lowest BCUT2D eigenvalue weighted by molar-refractivity contribution is -0.118. The van der Waals surface area contributed by atoms with Crippen molar-refractivity contribution >= 4 is 28.8 Å². The molecule has 4 aromatic rings. The standard InChI is InChI=1S/C26H25N3O4/c1-3-29-17-18(20-10-4-6-12-23(20)29)15-22(26(31)27-16-19-9-8-14-33-19)28-25(30)21-11-5-7-13-24(21)32-2/h4-15,17H,3,16H2,1-2H3,(H,27,31)(H,28,30). The number of para-hydroxylation sites is 2. The monoisotopic (exact) mass is 443 g/mol. The molecule has 2 N–H and O–H groups in total. The van der Waals surface area contributed by atoms with Gasteiger partial charge in [0, 0.05) is 29.2 Å². The lowest BCUT2D eigenvalue weighted by Gasteiger charge is -2.12. The Morgan fingerprint density at radius 1 is 1.06 bits per heavy atom. The van der Waals surface area contributed by atoms with E-state index in [0.717, 1.165) is 23.0 Å². The van der Waals surface area contributed by atoms with E-state index in [0.29, 0.717) is 17.1 Å². The number of nitrogens with one attached hydrogen (secondary N) is 2. The maximum Gasteiger partial charge on any atom is 0.268 e. The van der Waals surface area contributed by atoms with E-state index in [-0.39, 0.29) is 12.2 Å². The number of nitrogens with zero attached hydrogens (tertiary/aromatic N) is 1. The third-order valence-corrected chi connectivity index (χ3v) is 5.31. The molecule has 7 heteroatoms. The molecule has 0 saturated heterocycles. The topological polar surface area (TPSA) is 85.5 Å². The van der Waals surface area contributed by atoms with E-state index in [1.54, 1.807) is 48.7 Å². The van der Waals surface area contributed by atoms with E-state index in [4.69, 9.17) is 9.15 Å². The van der Waals surface area contributed by atoms with Crippen LogP contribution in [0.2, 0.25) is 0 Å². The molecular weight excluding hydrogens is 418 g/mol. The second-order valence-electron chi connectivity index (χ2n) is 7.36. The van der Waals surface area contributed by atoms with E-state index in [1.807, 2.05) is 30.5 Å². The number of furan rings is 1. The lowest BCUT2D eigenvalue weighted by Crippen LogP contribution is -2.34. The molecule has 0 bridgehead atoms. The average Bonchev–Trinajstić information content (AvgIpc) is 3.50. The summed E-state index contributed by atoms with van der Waals surface area (Å²) in [6.45, 7) is 3.03. The van der Waals surface area contributed by atoms with Gasteiger partial charge in [0.25, 0.3) is 11.8 Å². The van der Waals surface area contributed by atoms with Gasteiger partial charge < -0.3 is 24.4 Å². The maximum atomic E-state index is 13.1. The largest absolute Gasteiger partial charge is 0.496 e. The summed E-state index contributed by atoms with van der Waals surface area (Å²) in [5, 5.41) is 6.56. The number of carbonyl (C=O) groups is 2. The smallest absolute Gasteiger partial charge is 0.268 e. The number of carbonyl (C=O) groups excluding carboxylic acids is 2. The summed E-state index contributed by atoms with van der Waals surface area (Å²) in [5.41, 5.74) is 2.34. The van der Waals surface area contributed by atoms with Crippen LogP contribution < -0.4 is 15.4 Å². The number of benzene rings is 2. The molecular formula is C26H25N3O4. The number of hydrogen-bond donors (Lipinski definition) is 2. The number of aromatic nitrogens is 1. The zero-order chi connectivity index (χ0) is 23.2. The van der Waals surface area contributed by atoms with Crippen LogP contribution in [0.1, 0.15) is 28.6 Å². The molecule has 2 aromatic heterocycles. The Labute approximate surface area is 191 Å². The van der Waals surface area contributed by atoms with Crippen LogP contribution >= 0.6 is 0 Å². The predicted molar refractivity (Wildman–Crippen MR) is 127 cm³/mol. The SMILES string of the molecule is CCn1cc(C=C(NC(=O)c2ccccc2OC)C(=O)NCc2ccco2)c2ccccc21. The van der Waals surface area contributed by atoms with E-state index >= 15 is 0 Å². The number of methoxy groups -OCH3 is 1. The van der Waals surface area contributed by atoms with Crippen LogP contribution in [0, 0.1) is 0 Å². The quantitative estimate of drug-likeness (QED) is 0.397. The molecule has 0 atom stereocenters. The Balaban J connectivity index is 1.69. The minimum absolute atomic E-state index is 0.122. The molecule has 0 saturated carbocycles. The number of amides is 2. The van der Waals surface area contributed by atoms with Crippen molar-refractivity contribution in [1.29, 1.82) is 0 Å². The molecule has 0 aliphatic rings. The molecule has 2 aromatic carbocycles. The molecule has 0 radical (unpaired) electrons. The Morgan fingerprint density at radius 3 is 2.61 bits per heavy atom. The minimum atomic E-state index is -0.439. The van der Waals surface area contributed by atoms with Gasteiger partial charge in [0.1, 0.15) is 17.2 Å². The van der Waals surface area contributed by atoms with Crippen LogP contribution in [0.4, 0.5) is 0 Å². The second-order valence-corrected chi connectivity index (χ2v) is 7.36. The molecule has 7 nitrogen and oxygen atoms in total. The molecule has 168 valence electrons. The predicted octanol–water partition coefficient (Wildman–Crippen LogP) is 4.35. The third-order valence-electron chi connectivity index (χ3n) is 5.31. The Kier molecular flexibility index (Phi) is 6.59. The number of hydrogen-bond acceptors (Lipinski definition) is 4. The van der Waals surface area contributed by atoms with Crippen LogP contribution in [0.25, 0.3) is 17.0 Å². The van der Waals surface area contributed by atoms with Crippen molar-refractivity contribution in [3.05, 3.63) is 95.7 Å². The van der Waals surface area contributed by atoms with Gasteiger partial charge in [0.2, 0.25) is 0 Å². The van der Waals surface area contributed by atoms with E-state index < -0.39 is 11.8 Å². The first-order valence-corrected chi connectivity index (χ1v) is 10.6. The average molecular weight is 444 g/mol. The van der Waals surface area contributed by atoms with Gasteiger partial charge in [-0.15, -0.1) is 0 Å². The zero-order valence-electron chi connectivity index (χ0n) is 18.5. The number of rotatable bonds is 8. The van der Waals surface area contributed by atoms with Gasteiger partial charge in [-0.1, -0.05) is 30.3 Å². The molecule has 2 heterocycles. The number of ether oxygens (including phenoxy) is 1. The fourth-order valence-corrected chi connectivity index (χ4v) is 3.66. The van der Waals surface area contributed by atoms with Crippen LogP contribution in [-0.2, 0) is 17.9 Å². The first-order chi connectivity index (χ1) is 16.1. The maximum absolute atomic E-state index is 13.1. The zero-order valence-corrected chi connectivity index (χ0v) is 18.5. The summed E-state index contributed by atoms with van der Waals surface area (Å²) < 4.78 is 12.7. The summed E-state index contributed by atoms with van der Waals surface area (Å²) in [6.07, 6.45) is 5.21. The molecule has 0 aliphatic heterocycles. The summed E-state index contributed by atoms with van der Waals surface area (Å²) in [7, 11) is 1.50. The van der Waals surface area contributed by atoms with Gasteiger partial charge in [0.15, 0.2) is 0 Å². The first kappa shape index (κ1) is 22.0. The summed E-state index contributed by atoms with van der Waals surface area (Å²) in [6, 6.07) is 18.3. The molecule has 33 heavy (non-hydrogen) atoms. The van der Waals surface area contributed by atoms with Crippen molar-refractivity contribution in [3.63, 3.8) is 0 Å². The molecule has 0 spiro atoms. The van der Waals surface area contributed by atoms with Gasteiger partial charge >= 0.3 is 0 Å². The summed E-state index contributed by atoms with van der Waals surface area (Å²) in [4.78, 5) is 26.2. The highest BCUT2D eigenvalue weighted by atomic mass is 16.5. The van der Waals surface area contributed by atoms with Gasteiger partial charge in [-0.25, -0.2) is 0 Å². The van der Waals surface area contributed by atoms with Crippen molar-refractivity contribution < 1.29 is 18.7 Å². The van der Waals surface area contributed by atoms with Crippen LogP contribution in [0.5, 0.6) is 5.75 Å². The van der Waals surface area contributed by atoms with Crippen molar-refractivity contribution in [2.75, 3.05) is 7.11 Å². The van der Waals surface area contributed by atoms with Crippen molar-refractivity contribution in [3.8, 4) is 5.75 Å². The van der Waals surface area contributed by atoms with Crippen LogP contribution in [-0.4, -0.2) is 23.5 Å². The third kappa shape index (κ3) is 4.82. The number of fused-ring (bicyclic) bond motifs is 1. The minimum Gasteiger partial charge on any atom is -0.496 e.